The van der Waals surface area contributed by atoms with Crippen molar-refractivity contribution in [1.29, 1.82) is 0 Å². The first-order valence-corrected chi connectivity index (χ1v) is 3.22. The summed E-state index contributed by atoms with van der Waals surface area (Å²) in [5, 5.41) is 2.45. The lowest BCUT2D eigenvalue weighted by Gasteiger charge is -1.64. The second-order valence-corrected chi connectivity index (χ2v) is 2.65. The minimum atomic E-state index is -0.202. The Bertz CT molecular complexity index is 144. The molecule has 0 aromatic carbocycles. The van der Waals surface area contributed by atoms with Gasteiger partial charge in [0.1, 0.15) is 0 Å². The van der Waals surface area contributed by atoms with Gasteiger partial charge >= 0.3 is 0 Å². The summed E-state index contributed by atoms with van der Waals surface area (Å²) in [6.45, 7) is 0. The predicted octanol–water partition coefficient (Wildman–Crippen LogP) is 2.45. The van der Waals surface area contributed by atoms with Gasteiger partial charge in [0.15, 0.2) is 5.13 Å². The Morgan fingerprint density at radius 3 is 2.71 bits per heavy atom. The molecule has 0 aliphatic rings. The van der Waals surface area contributed by atoms with Crippen LogP contribution in [0.5, 0.6) is 0 Å². The Hall–Kier alpha value is 0.110. The van der Waals surface area contributed by atoms with Crippen LogP contribution in [0, 0.1) is 10.5 Å². The molecule has 1 aromatic rings. The molecule has 0 bridgehead atoms. The fourth-order valence-electron chi connectivity index (χ4n) is 0.256. The Labute approximate surface area is 53.1 Å². The van der Waals surface area contributed by atoms with Crippen molar-refractivity contribution in [3.05, 3.63) is 21.1 Å². The van der Waals surface area contributed by atoms with E-state index in [0.29, 0.717) is 4.47 Å². The van der Waals surface area contributed by atoms with Gasteiger partial charge in [-0.3, -0.25) is 0 Å². The first-order valence-electron chi connectivity index (χ1n) is 1.61. The topological polar surface area (TPSA) is 0 Å². The molecule has 1 heterocycles. The average molecular weight is 180 g/mol. The van der Waals surface area contributed by atoms with E-state index in [9.17, 15) is 4.39 Å². The number of hydrogen-bond donors (Lipinski definition) is 0. The summed E-state index contributed by atoms with van der Waals surface area (Å²) in [4.78, 5) is 0. The maximum absolute atomic E-state index is 11.9. The molecule has 37 valence electrons. The Kier molecular flexibility index (Phi) is 1.44. The van der Waals surface area contributed by atoms with E-state index in [2.05, 4.69) is 21.3 Å². The third kappa shape index (κ3) is 1.24. The molecule has 0 saturated heterocycles. The van der Waals surface area contributed by atoms with E-state index in [1.807, 2.05) is 0 Å². The fraction of sp³-hybridized carbons (Fsp3) is 0. The first-order chi connectivity index (χ1) is 3.29. The fourth-order valence-corrected chi connectivity index (χ4v) is 1.28. The summed E-state index contributed by atoms with van der Waals surface area (Å²) in [6.07, 6.45) is 0. The van der Waals surface area contributed by atoms with Crippen molar-refractivity contribution in [2.24, 2.45) is 0 Å². The summed E-state index contributed by atoms with van der Waals surface area (Å²) in [7, 11) is 0. The van der Waals surface area contributed by atoms with Crippen molar-refractivity contribution in [1.82, 2.24) is 0 Å². The lowest BCUT2D eigenvalue weighted by molar-refractivity contribution is 0.657. The van der Waals surface area contributed by atoms with Crippen LogP contribution in [0.2, 0.25) is 0 Å². The zero-order chi connectivity index (χ0) is 5.28. The van der Waals surface area contributed by atoms with E-state index < -0.39 is 0 Å². The van der Waals surface area contributed by atoms with Gasteiger partial charge in [-0.15, -0.1) is 11.3 Å². The van der Waals surface area contributed by atoms with Crippen molar-refractivity contribution in [3.8, 4) is 0 Å². The zero-order valence-electron chi connectivity index (χ0n) is 3.24. The van der Waals surface area contributed by atoms with Crippen molar-refractivity contribution in [2.75, 3.05) is 0 Å². The number of hydrogen-bond acceptors (Lipinski definition) is 1. The van der Waals surface area contributed by atoms with Crippen LogP contribution < -0.4 is 0 Å². The van der Waals surface area contributed by atoms with Crippen molar-refractivity contribution in [2.45, 2.75) is 0 Å². The summed E-state index contributed by atoms with van der Waals surface area (Å²) >= 11 is 4.01. The average Bonchev–Trinajstić information content (AvgIpc) is 1.87. The largest absolute Gasteiger partial charge is 0.195 e. The van der Waals surface area contributed by atoms with Crippen LogP contribution in [0.15, 0.2) is 10.5 Å². The highest BCUT2D eigenvalue weighted by Gasteiger charge is 1.91. The van der Waals surface area contributed by atoms with Crippen LogP contribution in [0.3, 0.4) is 0 Å². The lowest BCUT2D eigenvalue weighted by atomic mass is 10.7. The first kappa shape index (κ1) is 5.25. The Morgan fingerprint density at radius 1 is 1.86 bits per heavy atom. The molecule has 0 fully saturated rings. The molecule has 0 unspecified atom stereocenters. The highest BCUT2D eigenvalue weighted by molar-refractivity contribution is 9.10. The lowest BCUT2D eigenvalue weighted by Crippen LogP contribution is -1.47. The smallest absolute Gasteiger partial charge is 0.178 e. The summed E-state index contributed by atoms with van der Waals surface area (Å²) in [6, 6.07) is 1.38. The van der Waals surface area contributed by atoms with Gasteiger partial charge in [-0.1, -0.05) is 0 Å². The molecule has 7 heavy (non-hydrogen) atoms. The van der Waals surface area contributed by atoms with Gasteiger partial charge in [-0.2, -0.15) is 4.39 Å². The molecular weight excluding hydrogens is 179 g/mol. The summed E-state index contributed by atoms with van der Waals surface area (Å²) < 4.78 is 12.6. The zero-order valence-corrected chi connectivity index (χ0v) is 5.64. The third-order valence-corrected chi connectivity index (χ3v) is 1.81. The molecule has 0 atom stereocenters. The van der Waals surface area contributed by atoms with E-state index in [4.69, 9.17) is 0 Å². The molecule has 0 aliphatic carbocycles. The van der Waals surface area contributed by atoms with Crippen LogP contribution in [-0.2, 0) is 0 Å². The SMILES string of the molecule is Fc1cc(Br)[c]s1. The van der Waals surface area contributed by atoms with Crippen LogP contribution in [-0.4, -0.2) is 0 Å². The van der Waals surface area contributed by atoms with Crippen LogP contribution >= 0.6 is 27.3 Å². The standard InChI is InChI=1S/C4HBrFS/c5-3-1-4(6)7-2-3/h1H. The van der Waals surface area contributed by atoms with Gasteiger partial charge in [0.05, 0.1) is 5.38 Å². The highest BCUT2D eigenvalue weighted by Crippen LogP contribution is 2.15. The number of thiophene rings is 1. The van der Waals surface area contributed by atoms with Gasteiger partial charge in [0.2, 0.25) is 0 Å². The second kappa shape index (κ2) is 1.92. The molecule has 1 rings (SSSR count). The molecule has 0 N–H and O–H groups in total. The van der Waals surface area contributed by atoms with E-state index in [0.717, 1.165) is 11.3 Å². The van der Waals surface area contributed by atoms with E-state index in [1.165, 1.54) is 6.07 Å². The number of halogens is 2. The summed E-state index contributed by atoms with van der Waals surface area (Å²) in [5.74, 6) is 0. The van der Waals surface area contributed by atoms with Crippen LogP contribution in [0.4, 0.5) is 4.39 Å². The van der Waals surface area contributed by atoms with E-state index >= 15 is 0 Å². The van der Waals surface area contributed by atoms with Gasteiger partial charge in [-0.25, -0.2) is 0 Å². The molecule has 1 radical (unpaired) electrons. The Morgan fingerprint density at radius 2 is 2.57 bits per heavy atom. The molecule has 0 aliphatic heterocycles. The molecule has 0 nitrogen and oxygen atoms in total. The quantitative estimate of drug-likeness (QED) is 0.575. The monoisotopic (exact) mass is 179 g/mol. The molecule has 0 spiro atoms. The maximum atomic E-state index is 11.9. The molecule has 1 aromatic heterocycles. The van der Waals surface area contributed by atoms with Gasteiger partial charge in [-0.05, 0) is 22.0 Å². The minimum Gasteiger partial charge on any atom is -0.195 e. The molecule has 0 saturated carbocycles. The van der Waals surface area contributed by atoms with Gasteiger partial charge in [0, 0.05) is 4.47 Å². The van der Waals surface area contributed by atoms with E-state index in [-0.39, 0.29) is 5.13 Å². The predicted molar refractivity (Wildman–Crippen MR) is 30.8 cm³/mol. The second-order valence-electron chi connectivity index (χ2n) is 1.00. The minimum absolute atomic E-state index is 0.202. The van der Waals surface area contributed by atoms with Crippen LogP contribution in [0.1, 0.15) is 0 Å². The molecular formula is C4HBrFS. The maximum Gasteiger partial charge on any atom is 0.178 e. The van der Waals surface area contributed by atoms with Crippen molar-refractivity contribution >= 4 is 27.3 Å². The van der Waals surface area contributed by atoms with Gasteiger partial charge < -0.3 is 0 Å². The van der Waals surface area contributed by atoms with Crippen molar-refractivity contribution < 1.29 is 4.39 Å². The van der Waals surface area contributed by atoms with Gasteiger partial charge in [0.25, 0.3) is 0 Å². The normalized spacial score (nSPS) is 9.43. The number of rotatable bonds is 0. The molecule has 3 heteroatoms. The van der Waals surface area contributed by atoms with Crippen molar-refractivity contribution in [3.63, 3.8) is 0 Å². The van der Waals surface area contributed by atoms with E-state index in [1.54, 1.807) is 0 Å². The van der Waals surface area contributed by atoms with Crippen LogP contribution in [0.25, 0.3) is 0 Å². The molecule has 0 amide bonds. The Balaban J connectivity index is 3.04. The third-order valence-electron chi connectivity index (χ3n) is 0.486. The summed E-state index contributed by atoms with van der Waals surface area (Å²) in [5.41, 5.74) is 0. The highest BCUT2D eigenvalue weighted by atomic mass is 79.9.